The normalized spacial score (nSPS) is 16.9. The summed E-state index contributed by atoms with van der Waals surface area (Å²) in [5.74, 6) is 1.43. The van der Waals surface area contributed by atoms with Crippen molar-refractivity contribution in [1.82, 2.24) is 8.61 Å². The van der Waals surface area contributed by atoms with Crippen LogP contribution < -0.4 is 18.9 Å². The predicted octanol–water partition coefficient (Wildman–Crippen LogP) is 2.58. The number of sulfonamides is 2. The molecule has 0 aromatic heterocycles. The van der Waals surface area contributed by atoms with Crippen molar-refractivity contribution in [1.29, 1.82) is 0 Å². The zero-order valence-corrected chi connectivity index (χ0v) is 22.2. The van der Waals surface area contributed by atoms with E-state index in [1.807, 2.05) is 6.92 Å². The lowest BCUT2D eigenvalue weighted by atomic mass is 10.2. The maximum Gasteiger partial charge on any atom is 0.243 e. The van der Waals surface area contributed by atoms with Gasteiger partial charge < -0.3 is 18.9 Å². The maximum atomic E-state index is 13.6. The van der Waals surface area contributed by atoms with Crippen LogP contribution in [0.3, 0.4) is 0 Å². The first-order chi connectivity index (χ1) is 16.6. The van der Waals surface area contributed by atoms with E-state index in [1.165, 1.54) is 73.4 Å². The fraction of sp³-hybridized carbons (Fsp3) is 0.478. The first-order valence-electron chi connectivity index (χ1n) is 11.1. The molecule has 2 aromatic carbocycles. The Bertz CT molecular complexity index is 1250. The molecule has 1 saturated heterocycles. The molecule has 0 bridgehead atoms. The maximum absolute atomic E-state index is 13.6. The lowest BCUT2D eigenvalue weighted by Crippen LogP contribution is -2.43. The lowest BCUT2D eigenvalue weighted by molar-refractivity contribution is 0.323. The van der Waals surface area contributed by atoms with Gasteiger partial charge in [-0.1, -0.05) is 6.92 Å². The number of hydrogen-bond donors (Lipinski definition) is 0. The molecule has 1 heterocycles. The van der Waals surface area contributed by atoms with Crippen LogP contribution in [0.2, 0.25) is 0 Å². The summed E-state index contributed by atoms with van der Waals surface area (Å²) in [6.45, 7) is 2.38. The van der Waals surface area contributed by atoms with Crippen LogP contribution in [0.4, 0.5) is 0 Å². The van der Waals surface area contributed by atoms with Gasteiger partial charge in [-0.05, 0) is 37.1 Å². The molecule has 0 N–H and O–H groups in total. The van der Waals surface area contributed by atoms with Gasteiger partial charge in [0, 0.05) is 37.8 Å². The standard InChI is InChI=1S/C23H32N2O8S2/c1-6-12-25(35(28,29)19-8-10-21(31-3)23(15-19)33-5)17-11-13-24(16-17)34(26,27)18-7-9-20(30-2)22(14-18)32-4/h7-10,14-15,17H,6,11-13,16H2,1-5H3. The Morgan fingerprint density at radius 3 is 1.86 bits per heavy atom. The van der Waals surface area contributed by atoms with Crippen LogP contribution >= 0.6 is 0 Å². The fourth-order valence-corrected chi connectivity index (χ4v) is 7.38. The van der Waals surface area contributed by atoms with Crippen molar-refractivity contribution in [2.24, 2.45) is 0 Å². The average molecular weight is 529 g/mol. The van der Waals surface area contributed by atoms with Gasteiger partial charge in [-0.2, -0.15) is 8.61 Å². The second-order valence-corrected chi connectivity index (χ2v) is 11.8. The highest BCUT2D eigenvalue weighted by Gasteiger charge is 2.40. The Kier molecular flexibility index (Phi) is 8.52. The number of rotatable bonds is 11. The molecule has 2 aromatic rings. The van der Waals surface area contributed by atoms with E-state index in [0.717, 1.165) is 0 Å². The third-order valence-electron chi connectivity index (χ3n) is 5.93. The van der Waals surface area contributed by atoms with Crippen LogP contribution in [0.15, 0.2) is 46.2 Å². The zero-order chi connectivity index (χ0) is 25.8. The van der Waals surface area contributed by atoms with E-state index in [4.69, 9.17) is 18.9 Å². The molecule has 35 heavy (non-hydrogen) atoms. The molecule has 10 nitrogen and oxygen atoms in total. The van der Waals surface area contributed by atoms with Gasteiger partial charge in [0.25, 0.3) is 0 Å². The van der Waals surface area contributed by atoms with Crippen molar-refractivity contribution < 1.29 is 35.8 Å². The van der Waals surface area contributed by atoms with Gasteiger partial charge in [0.1, 0.15) is 0 Å². The van der Waals surface area contributed by atoms with Crippen molar-refractivity contribution in [2.75, 3.05) is 48.1 Å². The van der Waals surface area contributed by atoms with Gasteiger partial charge in [0.15, 0.2) is 23.0 Å². The van der Waals surface area contributed by atoms with Crippen molar-refractivity contribution in [2.45, 2.75) is 35.6 Å². The molecule has 1 unspecified atom stereocenters. The fourth-order valence-electron chi connectivity index (χ4n) is 4.12. The molecule has 194 valence electrons. The zero-order valence-electron chi connectivity index (χ0n) is 20.6. The Morgan fingerprint density at radius 1 is 0.829 bits per heavy atom. The summed E-state index contributed by atoms with van der Waals surface area (Å²) in [7, 11) is -1.97. The SMILES string of the molecule is CCCN(C1CCN(S(=O)(=O)c2ccc(OC)c(OC)c2)C1)S(=O)(=O)c1ccc(OC)c(OC)c1. The van der Waals surface area contributed by atoms with Crippen LogP contribution in [-0.2, 0) is 20.0 Å². The summed E-state index contributed by atoms with van der Waals surface area (Å²) in [6, 6.07) is 8.31. The summed E-state index contributed by atoms with van der Waals surface area (Å²) >= 11 is 0. The molecule has 1 atom stereocenters. The van der Waals surface area contributed by atoms with Crippen molar-refractivity contribution >= 4 is 20.0 Å². The van der Waals surface area contributed by atoms with Crippen LogP contribution in [0.1, 0.15) is 19.8 Å². The average Bonchev–Trinajstić information content (AvgIpc) is 3.36. The number of nitrogens with zero attached hydrogens (tertiary/aromatic N) is 2. The molecule has 0 aliphatic carbocycles. The van der Waals surface area contributed by atoms with Crippen LogP contribution in [0, 0.1) is 0 Å². The van der Waals surface area contributed by atoms with Crippen molar-refractivity contribution in [3.63, 3.8) is 0 Å². The summed E-state index contributed by atoms with van der Waals surface area (Å²) in [5.41, 5.74) is 0. The first-order valence-corrected chi connectivity index (χ1v) is 14.0. The van der Waals surface area contributed by atoms with Gasteiger partial charge >= 0.3 is 0 Å². The van der Waals surface area contributed by atoms with E-state index in [0.29, 0.717) is 35.8 Å². The van der Waals surface area contributed by atoms with Crippen molar-refractivity contribution in [3.05, 3.63) is 36.4 Å². The summed E-state index contributed by atoms with van der Waals surface area (Å²) in [4.78, 5) is 0.116. The number of benzene rings is 2. The second-order valence-electron chi connectivity index (χ2n) is 7.95. The van der Waals surface area contributed by atoms with E-state index in [2.05, 4.69) is 0 Å². The number of ether oxygens (including phenoxy) is 4. The minimum Gasteiger partial charge on any atom is -0.493 e. The Labute approximate surface area is 207 Å². The van der Waals surface area contributed by atoms with Gasteiger partial charge in [0.2, 0.25) is 20.0 Å². The Morgan fingerprint density at radius 2 is 1.34 bits per heavy atom. The molecule has 0 saturated carbocycles. The minimum atomic E-state index is -3.92. The summed E-state index contributed by atoms with van der Waals surface area (Å²) in [6.07, 6.45) is 0.949. The number of methoxy groups -OCH3 is 4. The van der Waals surface area contributed by atoms with E-state index in [-0.39, 0.29) is 29.4 Å². The van der Waals surface area contributed by atoms with E-state index in [1.54, 1.807) is 0 Å². The smallest absolute Gasteiger partial charge is 0.243 e. The lowest BCUT2D eigenvalue weighted by Gasteiger charge is -2.28. The van der Waals surface area contributed by atoms with Gasteiger partial charge in [-0.25, -0.2) is 16.8 Å². The molecule has 3 rings (SSSR count). The molecule has 0 radical (unpaired) electrons. The predicted molar refractivity (Wildman–Crippen MR) is 130 cm³/mol. The van der Waals surface area contributed by atoms with E-state index < -0.39 is 26.1 Å². The largest absolute Gasteiger partial charge is 0.493 e. The second kappa shape index (κ2) is 11.0. The quantitative estimate of drug-likeness (QED) is 0.438. The highest BCUT2D eigenvalue weighted by Crippen LogP contribution is 2.34. The van der Waals surface area contributed by atoms with Gasteiger partial charge in [0.05, 0.1) is 38.2 Å². The van der Waals surface area contributed by atoms with Crippen molar-refractivity contribution in [3.8, 4) is 23.0 Å². The Balaban J connectivity index is 1.89. The van der Waals surface area contributed by atoms with Crippen LogP contribution in [0.25, 0.3) is 0 Å². The van der Waals surface area contributed by atoms with Crippen LogP contribution in [0.5, 0.6) is 23.0 Å². The molecular formula is C23H32N2O8S2. The first kappa shape index (κ1) is 27.1. The molecule has 1 aliphatic heterocycles. The third kappa shape index (κ3) is 5.35. The van der Waals surface area contributed by atoms with Crippen LogP contribution in [-0.4, -0.2) is 79.6 Å². The molecule has 0 spiro atoms. The highest BCUT2D eigenvalue weighted by molar-refractivity contribution is 7.89. The summed E-state index contributed by atoms with van der Waals surface area (Å²) in [5, 5.41) is 0. The molecule has 0 amide bonds. The van der Waals surface area contributed by atoms with E-state index in [9.17, 15) is 16.8 Å². The topological polar surface area (TPSA) is 112 Å². The molecular weight excluding hydrogens is 496 g/mol. The molecule has 1 aliphatic rings. The van der Waals surface area contributed by atoms with Gasteiger partial charge in [-0.3, -0.25) is 0 Å². The summed E-state index contributed by atoms with van der Waals surface area (Å²) < 4.78 is 77.5. The third-order valence-corrected chi connectivity index (χ3v) is 9.74. The van der Waals surface area contributed by atoms with Gasteiger partial charge in [-0.15, -0.1) is 0 Å². The molecule has 1 fully saturated rings. The highest BCUT2D eigenvalue weighted by atomic mass is 32.2. The number of hydrogen-bond acceptors (Lipinski definition) is 8. The molecule has 12 heteroatoms. The monoisotopic (exact) mass is 528 g/mol. The minimum absolute atomic E-state index is 0.0448. The van der Waals surface area contributed by atoms with E-state index >= 15 is 0 Å². The Hall–Kier alpha value is -2.54.